The van der Waals surface area contributed by atoms with Gasteiger partial charge in [0.1, 0.15) is 17.0 Å². The van der Waals surface area contributed by atoms with E-state index in [0.717, 1.165) is 51.0 Å². The fourth-order valence-electron chi connectivity index (χ4n) is 5.91. The van der Waals surface area contributed by atoms with Crippen molar-refractivity contribution in [1.82, 2.24) is 24.7 Å². The van der Waals surface area contributed by atoms with Crippen LogP contribution in [0, 0.1) is 6.92 Å². The summed E-state index contributed by atoms with van der Waals surface area (Å²) in [6.07, 6.45) is 3.01. The number of ether oxygens (including phenoxy) is 2. The number of nitrogens with one attached hydrogen (secondary N) is 2. The monoisotopic (exact) mass is 697 g/mol. The minimum Gasteiger partial charge on any atom is -0.495 e. The first kappa shape index (κ1) is 36.8. The van der Waals surface area contributed by atoms with Crippen molar-refractivity contribution in [2.24, 2.45) is 0 Å². The van der Waals surface area contributed by atoms with Gasteiger partial charge in [-0.3, -0.25) is 19.2 Å². The van der Waals surface area contributed by atoms with Crippen LogP contribution in [0.2, 0.25) is 0 Å². The molecule has 0 saturated carbocycles. The molecule has 1 fully saturated rings. The van der Waals surface area contributed by atoms with Gasteiger partial charge in [0, 0.05) is 59.3 Å². The molecule has 1 aliphatic heterocycles. The molecule has 4 amide bonds. The van der Waals surface area contributed by atoms with Crippen LogP contribution in [0.5, 0.6) is 11.5 Å². The number of aromatic amines is 1. The third-order valence-corrected chi connectivity index (χ3v) is 8.99. The van der Waals surface area contributed by atoms with E-state index in [1.54, 1.807) is 57.5 Å². The van der Waals surface area contributed by atoms with Crippen LogP contribution >= 0.6 is 0 Å². The number of benzene rings is 3. The van der Waals surface area contributed by atoms with E-state index >= 15 is 0 Å². The SMILES string of the molecule is COc1cc(C(=O)N(C)c2ccc(C)cc2OCCCCCC(=O)N2CCN(C)CC2)ccc1NC(=O)c1cccc2[nH]c(C(=O)N(C)C)nc12. The molecule has 270 valence electrons. The lowest BCUT2D eigenvalue weighted by Crippen LogP contribution is -2.47. The van der Waals surface area contributed by atoms with Crippen LogP contribution in [0.25, 0.3) is 11.0 Å². The van der Waals surface area contributed by atoms with Crippen molar-refractivity contribution in [3.05, 3.63) is 77.1 Å². The Morgan fingerprint density at radius 2 is 1.67 bits per heavy atom. The molecule has 0 aliphatic carbocycles. The molecule has 1 saturated heterocycles. The number of H-pyrrole nitrogens is 1. The van der Waals surface area contributed by atoms with E-state index < -0.39 is 5.91 Å². The number of fused-ring (bicyclic) bond motifs is 1. The van der Waals surface area contributed by atoms with Gasteiger partial charge >= 0.3 is 0 Å². The number of aromatic nitrogens is 2. The Kier molecular flexibility index (Phi) is 11.9. The third-order valence-electron chi connectivity index (χ3n) is 8.99. The average Bonchev–Trinajstić information content (AvgIpc) is 3.57. The Balaban J connectivity index is 1.21. The number of carbonyl (C=O) groups excluding carboxylic acids is 4. The third kappa shape index (κ3) is 8.84. The van der Waals surface area contributed by atoms with E-state index in [2.05, 4.69) is 27.2 Å². The lowest BCUT2D eigenvalue weighted by Gasteiger charge is -2.32. The summed E-state index contributed by atoms with van der Waals surface area (Å²) in [5.74, 6) is 0.193. The minimum absolute atomic E-state index is 0.131. The van der Waals surface area contributed by atoms with Gasteiger partial charge in [0.05, 0.1) is 36.2 Å². The second-order valence-electron chi connectivity index (χ2n) is 13.0. The molecule has 13 nitrogen and oxygen atoms in total. The van der Waals surface area contributed by atoms with Crippen molar-refractivity contribution in [3.63, 3.8) is 0 Å². The van der Waals surface area contributed by atoms with Crippen molar-refractivity contribution in [2.45, 2.75) is 32.6 Å². The fraction of sp³-hybridized carbons (Fsp3) is 0.395. The van der Waals surface area contributed by atoms with Crippen molar-refractivity contribution < 1.29 is 28.7 Å². The molecule has 13 heteroatoms. The Hall–Kier alpha value is -5.43. The lowest BCUT2D eigenvalue weighted by atomic mass is 10.1. The average molecular weight is 698 g/mol. The number of carbonyl (C=O) groups is 4. The molecule has 0 bridgehead atoms. The van der Waals surface area contributed by atoms with Gasteiger partial charge < -0.3 is 39.4 Å². The highest BCUT2D eigenvalue weighted by Gasteiger charge is 2.22. The van der Waals surface area contributed by atoms with Crippen molar-refractivity contribution in [1.29, 1.82) is 0 Å². The number of unbranched alkanes of at least 4 members (excludes halogenated alkanes) is 2. The van der Waals surface area contributed by atoms with E-state index in [-0.39, 0.29) is 29.1 Å². The van der Waals surface area contributed by atoms with Crippen LogP contribution in [0.15, 0.2) is 54.6 Å². The van der Waals surface area contributed by atoms with Crippen molar-refractivity contribution in [2.75, 3.05) is 78.3 Å². The number of hydrogen-bond donors (Lipinski definition) is 2. The number of imidazole rings is 1. The van der Waals surface area contributed by atoms with Crippen LogP contribution in [0.4, 0.5) is 11.4 Å². The van der Waals surface area contributed by atoms with Crippen LogP contribution in [-0.4, -0.2) is 116 Å². The highest BCUT2D eigenvalue weighted by Crippen LogP contribution is 2.32. The molecular weight excluding hydrogens is 650 g/mol. The van der Waals surface area contributed by atoms with Crippen molar-refractivity contribution >= 4 is 46.0 Å². The number of rotatable bonds is 13. The Labute approximate surface area is 298 Å². The summed E-state index contributed by atoms with van der Waals surface area (Å²) in [7, 11) is 8.48. The zero-order valence-corrected chi connectivity index (χ0v) is 30.2. The molecule has 1 aromatic heterocycles. The second-order valence-corrected chi connectivity index (χ2v) is 13.0. The smallest absolute Gasteiger partial charge is 0.289 e. The number of methoxy groups -OCH3 is 1. The molecule has 0 radical (unpaired) electrons. The number of nitrogens with zero attached hydrogens (tertiary/aromatic N) is 5. The molecule has 5 rings (SSSR count). The van der Waals surface area contributed by atoms with E-state index in [0.29, 0.717) is 52.5 Å². The molecule has 2 N–H and O–H groups in total. The van der Waals surface area contributed by atoms with Gasteiger partial charge in [-0.1, -0.05) is 12.1 Å². The molecular formula is C38H47N7O6. The zero-order valence-electron chi connectivity index (χ0n) is 30.2. The highest BCUT2D eigenvalue weighted by atomic mass is 16.5. The van der Waals surface area contributed by atoms with E-state index in [4.69, 9.17) is 9.47 Å². The molecule has 0 unspecified atom stereocenters. The van der Waals surface area contributed by atoms with Crippen LogP contribution < -0.4 is 19.7 Å². The predicted octanol–water partition coefficient (Wildman–Crippen LogP) is 4.82. The van der Waals surface area contributed by atoms with Crippen LogP contribution in [0.3, 0.4) is 0 Å². The minimum atomic E-state index is -0.450. The largest absolute Gasteiger partial charge is 0.495 e. The first-order valence-electron chi connectivity index (χ1n) is 17.1. The number of piperazine rings is 1. The first-order valence-corrected chi connectivity index (χ1v) is 17.1. The lowest BCUT2D eigenvalue weighted by molar-refractivity contribution is -0.132. The predicted molar refractivity (Wildman–Crippen MR) is 197 cm³/mol. The quantitative estimate of drug-likeness (QED) is 0.190. The summed E-state index contributed by atoms with van der Waals surface area (Å²) in [5, 5.41) is 2.85. The summed E-state index contributed by atoms with van der Waals surface area (Å²) in [4.78, 5) is 66.6. The number of para-hydroxylation sites is 1. The molecule has 51 heavy (non-hydrogen) atoms. The summed E-state index contributed by atoms with van der Waals surface area (Å²) >= 11 is 0. The summed E-state index contributed by atoms with van der Waals surface area (Å²) in [5.41, 5.74) is 3.52. The first-order chi connectivity index (χ1) is 24.5. The van der Waals surface area contributed by atoms with Gasteiger partial charge in [-0.25, -0.2) is 4.98 Å². The number of aryl methyl sites for hydroxylation is 1. The Morgan fingerprint density at radius 3 is 2.39 bits per heavy atom. The normalized spacial score (nSPS) is 13.2. The number of hydrogen-bond acceptors (Lipinski definition) is 8. The number of amides is 4. The summed E-state index contributed by atoms with van der Waals surface area (Å²) in [6.45, 7) is 5.85. The maximum atomic E-state index is 13.7. The maximum absolute atomic E-state index is 13.7. The summed E-state index contributed by atoms with van der Waals surface area (Å²) < 4.78 is 11.7. The van der Waals surface area contributed by atoms with Gasteiger partial charge in [0.15, 0.2) is 5.82 Å². The van der Waals surface area contributed by atoms with Crippen molar-refractivity contribution in [3.8, 4) is 11.5 Å². The van der Waals surface area contributed by atoms with E-state index in [1.807, 2.05) is 30.0 Å². The Morgan fingerprint density at radius 1 is 0.902 bits per heavy atom. The van der Waals surface area contributed by atoms with Gasteiger partial charge in [-0.15, -0.1) is 0 Å². The Bertz CT molecular complexity index is 1900. The maximum Gasteiger partial charge on any atom is 0.289 e. The molecule has 2 heterocycles. The van der Waals surface area contributed by atoms with Crippen LogP contribution in [0.1, 0.15) is 62.6 Å². The number of likely N-dealkylation sites (N-methyl/N-ethyl adjacent to an activating group) is 1. The highest BCUT2D eigenvalue weighted by molar-refractivity contribution is 6.13. The van der Waals surface area contributed by atoms with Gasteiger partial charge in [-0.05, 0) is 81.3 Å². The molecule has 0 spiro atoms. The van der Waals surface area contributed by atoms with E-state index in [9.17, 15) is 19.2 Å². The number of anilines is 2. The molecule has 4 aromatic rings. The topological polar surface area (TPSA) is 140 Å². The van der Waals surface area contributed by atoms with Crippen LogP contribution in [-0.2, 0) is 4.79 Å². The van der Waals surface area contributed by atoms with Gasteiger partial charge in [0.25, 0.3) is 17.7 Å². The van der Waals surface area contributed by atoms with Gasteiger partial charge in [0.2, 0.25) is 5.91 Å². The zero-order chi connectivity index (χ0) is 36.7. The second kappa shape index (κ2) is 16.5. The molecule has 1 aliphatic rings. The standard InChI is InChI=1S/C38H47N7O6/c1-25-14-17-30(32(23-25)51-22-9-7-8-13-33(46)45-20-18-43(4)19-21-45)44(5)37(48)26-15-16-28(31(24-26)50-6)40-36(47)27-11-10-12-29-34(27)41-35(39-29)38(49)42(2)3/h10-12,14-17,23-24H,7-9,13,18-22H2,1-6H3,(H,39,41)(H,40,47). The van der Waals surface area contributed by atoms with E-state index in [1.165, 1.54) is 16.9 Å². The molecule has 3 aromatic carbocycles. The van der Waals surface area contributed by atoms with Gasteiger partial charge in [-0.2, -0.15) is 0 Å². The molecule has 0 atom stereocenters. The fourth-order valence-corrected chi connectivity index (χ4v) is 5.91. The summed E-state index contributed by atoms with van der Waals surface area (Å²) in [6, 6.07) is 15.6.